The fourth-order valence-electron chi connectivity index (χ4n) is 1.18. The summed E-state index contributed by atoms with van der Waals surface area (Å²) in [7, 11) is 1.64. The van der Waals surface area contributed by atoms with Gasteiger partial charge in [0.05, 0.1) is 5.69 Å². The van der Waals surface area contributed by atoms with Crippen molar-refractivity contribution in [1.82, 2.24) is 4.98 Å². The fraction of sp³-hybridized carbons (Fsp3) is 0.400. The molecule has 0 unspecified atom stereocenters. The van der Waals surface area contributed by atoms with E-state index in [4.69, 9.17) is 15.6 Å². The Labute approximate surface area is 93.4 Å². The zero-order valence-corrected chi connectivity index (χ0v) is 9.06. The number of nitrogens with two attached hydrogens (primary N) is 1. The van der Waals surface area contributed by atoms with Crippen molar-refractivity contribution in [3.63, 3.8) is 0 Å². The van der Waals surface area contributed by atoms with Crippen LogP contribution in [-0.2, 0) is 4.74 Å². The van der Waals surface area contributed by atoms with Gasteiger partial charge in [-0.1, -0.05) is 0 Å². The molecule has 0 fully saturated rings. The number of ether oxygens (including phenoxy) is 1. The molecule has 0 atom stereocenters. The van der Waals surface area contributed by atoms with Crippen LogP contribution < -0.4 is 11.1 Å². The summed E-state index contributed by atoms with van der Waals surface area (Å²) in [6.45, 7) is 1.36. The van der Waals surface area contributed by atoms with Crippen LogP contribution in [0, 0.1) is 0 Å². The SMILES string of the molecule is COCCCNc1cc(N)c(C(=O)O)cn1. The number of pyridine rings is 1. The van der Waals surface area contributed by atoms with Gasteiger partial charge < -0.3 is 20.9 Å². The molecule has 0 amide bonds. The molecule has 0 radical (unpaired) electrons. The Kier molecular flexibility index (Phi) is 4.53. The first-order chi connectivity index (χ1) is 7.65. The Bertz CT molecular complexity index is 368. The summed E-state index contributed by atoms with van der Waals surface area (Å²) in [6, 6.07) is 1.51. The number of aromatic nitrogens is 1. The van der Waals surface area contributed by atoms with Crippen molar-refractivity contribution < 1.29 is 14.6 Å². The quantitative estimate of drug-likeness (QED) is 0.620. The average Bonchev–Trinajstić information content (AvgIpc) is 2.24. The van der Waals surface area contributed by atoms with Gasteiger partial charge in [-0.05, 0) is 6.42 Å². The number of methoxy groups -OCH3 is 1. The molecule has 6 heteroatoms. The van der Waals surface area contributed by atoms with E-state index in [1.165, 1.54) is 12.3 Å². The summed E-state index contributed by atoms with van der Waals surface area (Å²) >= 11 is 0. The van der Waals surface area contributed by atoms with Gasteiger partial charge in [-0.15, -0.1) is 0 Å². The van der Waals surface area contributed by atoms with Crippen LogP contribution in [0.2, 0.25) is 0 Å². The van der Waals surface area contributed by atoms with E-state index < -0.39 is 5.97 Å². The van der Waals surface area contributed by atoms with Gasteiger partial charge in [-0.2, -0.15) is 0 Å². The first-order valence-corrected chi connectivity index (χ1v) is 4.86. The van der Waals surface area contributed by atoms with Gasteiger partial charge in [0.15, 0.2) is 0 Å². The number of hydrogen-bond donors (Lipinski definition) is 3. The molecule has 0 spiro atoms. The van der Waals surface area contributed by atoms with E-state index in [-0.39, 0.29) is 11.3 Å². The van der Waals surface area contributed by atoms with Crippen LogP contribution in [0.15, 0.2) is 12.3 Å². The molecule has 0 aliphatic heterocycles. The molecule has 4 N–H and O–H groups in total. The highest BCUT2D eigenvalue weighted by Gasteiger charge is 2.08. The third-order valence-electron chi connectivity index (χ3n) is 2.00. The van der Waals surface area contributed by atoms with Crippen LogP contribution in [-0.4, -0.2) is 36.3 Å². The Hall–Kier alpha value is -1.82. The molecule has 0 aromatic carbocycles. The summed E-state index contributed by atoms with van der Waals surface area (Å²) in [5.74, 6) is -0.505. The number of carboxylic acid groups (broad SMARTS) is 1. The normalized spacial score (nSPS) is 10.1. The lowest BCUT2D eigenvalue weighted by Crippen LogP contribution is -2.08. The van der Waals surface area contributed by atoms with E-state index in [2.05, 4.69) is 10.3 Å². The molecular weight excluding hydrogens is 210 g/mol. The first kappa shape index (κ1) is 12.3. The van der Waals surface area contributed by atoms with E-state index in [1.807, 2.05) is 0 Å². The lowest BCUT2D eigenvalue weighted by Gasteiger charge is -2.07. The Morgan fingerprint density at radius 1 is 1.69 bits per heavy atom. The van der Waals surface area contributed by atoms with E-state index in [9.17, 15) is 4.79 Å². The van der Waals surface area contributed by atoms with Crippen LogP contribution in [0.4, 0.5) is 11.5 Å². The number of carbonyl (C=O) groups is 1. The van der Waals surface area contributed by atoms with Gasteiger partial charge in [0.25, 0.3) is 0 Å². The smallest absolute Gasteiger partial charge is 0.339 e. The standard InChI is InChI=1S/C10H15N3O3/c1-16-4-2-3-12-9-5-8(11)7(6-13-9)10(14)15/h5-6H,2-4H2,1H3,(H,14,15)(H3,11,12,13). The monoisotopic (exact) mass is 225 g/mol. The average molecular weight is 225 g/mol. The number of anilines is 2. The van der Waals surface area contributed by atoms with Crippen molar-refractivity contribution in [3.05, 3.63) is 17.8 Å². The van der Waals surface area contributed by atoms with E-state index >= 15 is 0 Å². The van der Waals surface area contributed by atoms with Gasteiger partial charge in [0.2, 0.25) is 0 Å². The molecule has 0 saturated carbocycles. The molecule has 88 valence electrons. The van der Waals surface area contributed by atoms with Crippen molar-refractivity contribution in [2.24, 2.45) is 0 Å². The van der Waals surface area contributed by atoms with Crippen LogP contribution >= 0.6 is 0 Å². The molecule has 0 bridgehead atoms. The van der Waals surface area contributed by atoms with Crippen molar-refractivity contribution in [2.75, 3.05) is 31.3 Å². The van der Waals surface area contributed by atoms with Crippen LogP contribution in [0.5, 0.6) is 0 Å². The second-order valence-corrected chi connectivity index (χ2v) is 3.24. The maximum Gasteiger partial charge on any atom is 0.339 e. The Morgan fingerprint density at radius 2 is 2.44 bits per heavy atom. The number of nitrogen functional groups attached to an aromatic ring is 1. The zero-order valence-electron chi connectivity index (χ0n) is 9.06. The number of nitrogens with one attached hydrogen (secondary N) is 1. The van der Waals surface area contributed by atoms with E-state index in [1.54, 1.807) is 7.11 Å². The van der Waals surface area contributed by atoms with E-state index in [0.717, 1.165) is 6.42 Å². The molecule has 6 nitrogen and oxygen atoms in total. The molecule has 1 heterocycles. The number of aromatic carboxylic acids is 1. The van der Waals surface area contributed by atoms with Gasteiger partial charge in [-0.3, -0.25) is 0 Å². The molecule has 1 rings (SSSR count). The minimum atomic E-state index is -1.07. The number of rotatable bonds is 6. The van der Waals surface area contributed by atoms with Crippen LogP contribution in [0.25, 0.3) is 0 Å². The predicted molar refractivity (Wildman–Crippen MR) is 60.6 cm³/mol. The maximum absolute atomic E-state index is 10.7. The highest BCUT2D eigenvalue weighted by molar-refractivity contribution is 5.93. The van der Waals surface area contributed by atoms with Crippen molar-refractivity contribution in [3.8, 4) is 0 Å². The maximum atomic E-state index is 10.7. The van der Waals surface area contributed by atoms with Crippen LogP contribution in [0.3, 0.4) is 0 Å². The predicted octanol–water partition coefficient (Wildman–Crippen LogP) is 0.810. The molecule has 16 heavy (non-hydrogen) atoms. The molecule has 0 aliphatic carbocycles. The highest BCUT2D eigenvalue weighted by Crippen LogP contribution is 2.14. The van der Waals surface area contributed by atoms with E-state index in [0.29, 0.717) is 19.0 Å². The minimum Gasteiger partial charge on any atom is -0.478 e. The summed E-state index contributed by atoms with van der Waals surface area (Å²) in [4.78, 5) is 14.6. The molecule has 0 saturated heterocycles. The third-order valence-corrected chi connectivity index (χ3v) is 2.00. The summed E-state index contributed by atoms with van der Waals surface area (Å²) in [6.07, 6.45) is 2.09. The lowest BCUT2D eigenvalue weighted by molar-refractivity contribution is 0.0697. The van der Waals surface area contributed by atoms with Gasteiger partial charge in [-0.25, -0.2) is 9.78 Å². The molecular formula is C10H15N3O3. The Morgan fingerprint density at radius 3 is 3.00 bits per heavy atom. The number of hydrogen-bond acceptors (Lipinski definition) is 5. The molecule has 1 aromatic heterocycles. The lowest BCUT2D eigenvalue weighted by atomic mass is 10.2. The third kappa shape index (κ3) is 3.39. The topological polar surface area (TPSA) is 97.5 Å². The largest absolute Gasteiger partial charge is 0.478 e. The zero-order chi connectivity index (χ0) is 12.0. The van der Waals surface area contributed by atoms with Crippen molar-refractivity contribution >= 4 is 17.5 Å². The summed E-state index contributed by atoms with van der Waals surface area (Å²) in [5, 5.41) is 11.8. The number of nitrogens with zero attached hydrogens (tertiary/aromatic N) is 1. The minimum absolute atomic E-state index is 0.0161. The Balaban J connectivity index is 2.56. The highest BCUT2D eigenvalue weighted by atomic mass is 16.5. The van der Waals surface area contributed by atoms with Crippen LogP contribution in [0.1, 0.15) is 16.8 Å². The van der Waals surface area contributed by atoms with Crippen molar-refractivity contribution in [2.45, 2.75) is 6.42 Å². The molecule has 0 aliphatic rings. The second-order valence-electron chi connectivity index (χ2n) is 3.24. The fourth-order valence-corrected chi connectivity index (χ4v) is 1.18. The van der Waals surface area contributed by atoms with Gasteiger partial charge in [0, 0.05) is 32.5 Å². The number of carboxylic acids is 1. The van der Waals surface area contributed by atoms with Crippen molar-refractivity contribution in [1.29, 1.82) is 0 Å². The summed E-state index contributed by atoms with van der Waals surface area (Å²) in [5.41, 5.74) is 5.79. The van der Waals surface area contributed by atoms with Gasteiger partial charge >= 0.3 is 5.97 Å². The second kappa shape index (κ2) is 5.92. The first-order valence-electron chi connectivity index (χ1n) is 4.86. The van der Waals surface area contributed by atoms with Gasteiger partial charge in [0.1, 0.15) is 11.4 Å². The molecule has 1 aromatic rings. The summed E-state index contributed by atoms with van der Waals surface area (Å²) < 4.78 is 4.89.